The number of hydrogen-bond donors (Lipinski definition) is 2. The van der Waals surface area contributed by atoms with E-state index in [1.807, 2.05) is 0 Å². The fraction of sp³-hybridized carbons (Fsp3) is 0.417. The lowest BCUT2D eigenvalue weighted by atomic mass is 10.2. The fourth-order valence-electron chi connectivity index (χ4n) is 2.06. The van der Waals surface area contributed by atoms with E-state index in [-0.39, 0.29) is 16.5 Å². The molecule has 1 aromatic rings. The van der Waals surface area contributed by atoms with Crippen molar-refractivity contribution in [3.05, 3.63) is 23.2 Å². The largest absolute Gasteiger partial charge is 0.506 e. The number of rotatable bonds is 2. The summed E-state index contributed by atoms with van der Waals surface area (Å²) in [5.41, 5.74) is 0.369. The third-order valence-corrected chi connectivity index (χ3v) is 5.56. The van der Waals surface area contributed by atoms with Crippen LogP contribution in [-0.4, -0.2) is 30.4 Å². The van der Waals surface area contributed by atoms with Crippen LogP contribution in [-0.2, 0) is 14.6 Å². The van der Waals surface area contributed by atoms with E-state index in [9.17, 15) is 18.3 Å². The Morgan fingerprint density at radius 2 is 2.11 bits per heavy atom. The molecule has 1 fully saturated rings. The second-order valence-corrected chi connectivity index (χ2v) is 7.22. The van der Waals surface area contributed by atoms with Gasteiger partial charge in [0.25, 0.3) is 0 Å². The van der Waals surface area contributed by atoms with Crippen LogP contribution in [0.2, 0.25) is 5.02 Å². The number of aromatic hydroxyl groups is 1. The van der Waals surface area contributed by atoms with Gasteiger partial charge in [0, 0.05) is 5.69 Å². The number of carbonyl (C=O) groups excluding carboxylic acids is 1. The Hall–Kier alpha value is -1.27. The van der Waals surface area contributed by atoms with E-state index in [0.717, 1.165) is 6.42 Å². The average molecular weight is 304 g/mol. The molecule has 104 valence electrons. The normalized spacial score (nSPS) is 21.8. The van der Waals surface area contributed by atoms with Crippen molar-refractivity contribution >= 4 is 33.0 Å². The Kier molecular flexibility index (Phi) is 4.01. The summed E-state index contributed by atoms with van der Waals surface area (Å²) in [6.45, 7) is 0. The maximum absolute atomic E-state index is 12.0. The first-order valence-electron chi connectivity index (χ1n) is 5.91. The van der Waals surface area contributed by atoms with Crippen LogP contribution in [0.25, 0.3) is 0 Å². The molecule has 1 aromatic carbocycles. The zero-order valence-corrected chi connectivity index (χ0v) is 11.7. The number of benzene rings is 1. The molecular weight excluding hydrogens is 290 g/mol. The summed E-state index contributed by atoms with van der Waals surface area (Å²) in [6, 6.07) is 4.19. The minimum atomic E-state index is -3.36. The van der Waals surface area contributed by atoms with Crippen molar-refractivity contribution in [1.29, 1.82) is 0 Å². The minimum Gasteiger partial charge on any atom is -0.506 e. The van der Waals surface area contributed by atoms with Gasteiger partial charge < -0.3 is 10.4 Å². The highest BCUT2D eigenvalue weighted by molar-refractivity contribution is 7.92. The third kappa shape index (κ3) is 3.19. The maximum Gasteiger partial charge on any atom is 0.242 e. The number of sulfone groups is 1. The van der Waals surface area contributed by atoms with Gasteiger partial charge in [0.2, 0.25) is 5.91 Å². The second-order valence-electron chi connectivity index (χ2n) is 4.51. The first-order chi connectivity index (χ1) is 8.90. The maximum atomic E-state index is 12.0. The molecule has 1 saturated heterocycles. The Bertz CT molecular complexity index is 600. The van der Waals surface area contributed by atoms with Gasteiger partial charge in [-0.1, -0.05) is 18.0 Å². The summed E-state index contributed by atoms with van der Waals surface area (Å²) in [5.74, 6) is -0.576. The van der Waals surface area contributed by atoms with Crippen molar-refractivity contribution in [2.45, 2.75) is 24.5 Å². The standard InChI is InChI=1S/C12H14ClNO4S/c13-9-7-8(4-5-10(9)15)14-12(16)11-3-1-2-6-19(11,17)18/h4-5,7,11,15H,1-3,6H2,(H,14,16). The van der Waals surface area contributed by atoms with E-state index in [0.29, 0.717) is 18.5 Å². The van der Waals surface area contributed by atoms with Crippen LogP contribution in [0.4, 0.5) is 5.69 Å². The van der Waals surface area contributed by atoms with E-state index in [1.165, 1.54) is 18.2 Å². The Morgan fingerprint density at radius 3 is 2.74 bits per heavy atom. The summed E-state index contributed by atoms with van der Waals surface area (Å²) in [4.78, 5) is 12.0. The van der Waals surface area contributed by atoms with E-state index in [4.69, 9.17) is 11.6 Å². The lowest BCUT2D eigenvalue weighted by Crippen LogP contribution is -2.39. The van der Waals surface area contributed by atoms with Crippen LogP contribution in [0.5, 0.6) is 5.75 Å². The predicted molar refractivity (Wildman–Crippen MR) is 73.2 cm³/mol. The highest BCUT2D eigenvalue weighted by Gasteiger charge is 2.34. The quantitative estimate of drug-likeness (QED) is 0.818. The van der Waals surface area contributed by atoms with Crippen molar-refractivity contribution < 1.29 is 18.3 Å². The summed E-state index contributed by atoms with van der Waals surface area (Å²) < 4.78 is 23.6. The summed E-state index contributed by atoms with van der Waals surface area (Å²) in [6.07, 6.45) is 1.69. The number of nitrogens with one attached hydrogen (secondary N) is 1. The molecule has 1 atom stereocenters. The van der Waals surface area contributed by atoms with Gasteiger partial charge in [-0.3, -0.25) is 4.79 Å². The minimum absolute atomic E-state index is 0.0570. The highest BCUT2D eigenvalue weighted by Crippen LogP contribution is 2.27. The second kappa shape index (κ2) is 5.38. The molecule has 0 aliphatic carbocycles. The van der Waals surface area contributed by atoms with Crippen LogP contribution in [0.3, 0.4) is 0 Å². The van der Waals surface area contributed by atoms with E-state index in [1.54, 1.807) is 0 Å². The number of phenolic OH excluding ortho intramolecular Hbond substituents is 1. The van der Waals surface area contributed by atoms with Gasteiger partial charge >= 0.3 is 0 Å². The predicted octanol–water partition coefficient (Wildman–Crippen LogP) is 1.95. The molecule has 1 unspecified atom stereocenters. The van der Waals surface area contributed by atoms with Crippen molar-refractivity contribution in [3.8, 4) is 5.75 Å². The number of hydrogen-bond acceptors (Lipinski definition) is 4. The number of halogens is 1. The number of phenols is 1. The molecule has 0 bridgehead atoms. The van der Waals surface area contributed by atoms with E-state index < -0.39 is 21.0 Å². The van der Waals surface area contributed by atoms with Crippen molar-refractivity contribution in [3.63, 3.8) is 0 Å². The molecule has 2 N–H and O–H groups in total. The third-order valence-electron chi connectivity index (χ3n) is 3.09. The van der Waals surface area contributed by atoms with Crippen molar-refractivity contribution in [1.82, 2.24) is 0 Å². The Labute approximate surface area is 116 Å². The number of amides is 1. The van der Waals surface area contributed by atoms with Crippen LogP contribution >= 0.6 is 11.6 Å². The molecule has 19 heavy (non-hydrogen) atoms. The van der Waals surface area contributed by atoms with Gasteiger partial charge in [0.05, 0.1) is 10.8 Å². The zero-order valence-electron chi connectivity index (χ0n) is 10.1. The van der Waals surface area contributed by atoms with Gasteiger partial charge in [-0.2, -0.15) is 0 Å². The van der Waals surface area contributed by atoms with Gasteiger partial charge in [0.1, 0.15) is 11.0 Å². The number of anilines is 1. The lowest BCUT2D eigenvalue weighted by molar-refractivity contribution is -0.116. The molecule has 5 nitrogen and oxygen atoms in total. The Morgan fingerprint density at radius 1 is 1.37 bits per heavy atom. The molecule has 1 heterocycles. The fourth-order valence-corrected chi connectivity index (χ4v) is 4.04. The SMILES string of the molecule is O=C(Nc1ccc(O)c(Cl)c1)C1CCCCS1(=O)=O. The summed E-state index contributed by atoms with van der Waals surface area (Å²) >= 11 is 5.72. The molecular formula is C12H14ClNO4S. The zero-order chi connectivity index (χ0) is 14.0. The van der Waals surface area contributed by atoms with Crippen LogP contribution < -0.4 is 5.32 Å². The van der Waals surface area contributed by atoms with E-state index >= 15 is 0 Å². The van der Waals surface area contributed by atoms with Gasteiger partial charge in [-0.15, -0.1) is 0 Å². The molecule has 1 aliphatic rings. The van der Waals surface area contributed by atoms with Crippen LogP contribution in [0.1, 0.15) is 19.3 Å². The molecule has 7 heteroatoms. The molecule has 0 aromatic heterocycles. The summed E-state index contributed by atoms with van der Waals surface area (Å²) in [5, 5.41) is 10.9. The lowest BCUT2D eigenvalue weighted by Gasteiger charge is -2.21. The Balaban J connectivity index is 2.14. The van der Waals surface area contributed by atoms with E-state index in [2.05, 4.69) is 5.32 Å². The number of carbonyl (C=O) groups is 1. The highest BCUT2D eigenvalue weighted by atomic mass is 35.5. The average Bonchev–Trinajstić information content (AvgIpc) is 2.33. The summed E-state index contributed by atoms with van der Waals surface area (Å²) in [7, 11) is -3.36. The molecule has 1 aliphatic heterocycles. The van der Waals surface area contributed by atoms with Crippen LogP contribution in [0, 0.1) is 0 Å². The molecule has 0 saturated carbocycles. The molecule has 0 radical (unpaired) electrons. The smallest absolute Gasteiger partial charge is 0.242 e. The van der Waals surface area contributed by atoms with Crippen molar-refractivity contribution in [2.75, 3.05) is 11.1 Å². The van der Waals surface area contributed by atoms with Crippen molar-refractivity contribution in [2.24, 2.45) is 0 Å². The monoisotopic (exact) mass is 303 g/mol. The van der Waals surface area contributed by atoms with Gasteiger partial charge in [0.15, 0.2) is 9.84 Å². The van der Waals surface area contributed by atoms with Gasteiger partial charge in [-0.25, -0.2) is 8.42 Å². The molecule has 2 rings (SSSR count). The molecule has 0 spiro atoms. The topological polar surface area (TPSA) is 83.5 Å². The first-order valence-corrected chi connectivity index (χ1v) is 8.00. The first kappa shape index (κ1) is 14.1. The molecule has 1 amide bonds. The van der Waals surface area contributed by atoms with Gasteiger partial charge in [-0.05, 0) is 31.0 Å². The van der Waals surface area contributed by atoms with Crippen LogP contribution in [0.15, 0.2) is 18.2 Å².